The molecule has 0 aliphatic rings. The fraction of sp³-hybridized carbons (Fsp3) is 0.273. The fourth-order valence-corrected chi connectivity index (χ4v) is 1.35. The zero-order chi connectivity index (χ0) is 11.5. The molecule has 16 heavy (non-hydrogen) atoms. The highest BCUT2D eigenvalue weighted by atomic mass is 16.5. The predicted octanol–water partition coefficient (Wildman–Crippen LogP) is 1.39. The number of hydrogen-bond donors (Lipinski definition) is 2. The summed E-state index contributed by atoms with van der Waals surface area (Å²) in [6, 6.07) is 6.79. The highest BCUT2D eigenvalue weighted by Crippen LogP contribution is 2.18. The van der Waals surface area contributed by atoms with Crippen molar-refractivity contribution in [2.75, 3.05) is 0 Å². The molecular formula is C11H13N3O2. The number of nitrogens with two attached hydrogens (primary N) is 1. The summed E-state index contributed by atoms with van der Waals surface area (Å²) >= 11 is 0. The van der Waals surface area contributed by atoms with Crippen LogP contribution in [0.4, 0.5) is 0 Å². The molecule has 0 aliphatic carbocycles. The Morgan fingerprint density at radius 2 is 2.19 bits per heavy atom. The van der Waals surface area contributed by atoms with Crippen molar-refractivity contribution in [1.29, 1.82) is 0 Å². The van der Waals surface area contributed by atoms with E-state index in [1.807, 2.05) is 12.1 Å². The smallest absolute Gasteiger partial charge is 0.243 e. The summed E-state index contributed by atoms with van der Waals surface area (Å²) in [7, 11) is 0. The Morgan fingerprint density at radius 1 is 1.44 bits per heavy atom. The van der Waals surface area contributed by atoms with Crippen molar-refractivity contribution in [1.82, 2.24) is 10.1 Å². The molecule has 0 amide bonds. The summed E-state index contributed by atoms with van der Waals surface area (Å²) < 4.78 is 4.97. The van der Waals surface area contributed by atoms with Crippen LogP contribution in [0.15, 0.2) is 28.8 Å². The van der Waals surface area contributed by atoms with Crippen LogP contribution in [0, 0.1) is 0 Å². The van der Waals surface area contributed by atoms with Gasteiger partial charge in [-0.3, -0.25) is 0 Å². The second kappa shape index (κ2) is 4.32. The molecule has 0 saturated carbocycles. The Bertz CT molecular complexity index is 480. The van der Waals surface area contributed by atoms with Gasteiger partial charge in [-0.25, -0.2) is 0 Å². The summed E-state index contributed by atoms with van der Waals surface area (Å²) in [5.41, 5.74) is 6.37. The minimum Gasteiger partial charge on any atom is -0.508 e. The van der Waals surface area contributed by atoms with Crippen LogP contribution < -0.4 is 5.73 Å². The Morgan fingerprint density at radius 3 is 2.81 bits per heavy atom. The summed E-state index contributed by atoms with van der Waals surface area (Å²) in [4.78, 5) is 4.13. The van der Waals surface area contributed by atoms with E-state index in [-0.39, 0.29) is 11.8 Å². The van der Waals surface area contributed by atoms with Gasteiger partial charge >= 0.3 is 0 Å². The molecular weight excluding hydrogens is 206 g/mol. The van der Waals surface area contributed by atoms with Gasteiger partial charge in [-0.1, -0.05) is 23.4 Å². The van der Waals surface area contributed by atoms with E-state index in [1.54, 1.807) is 19.1 Å². The second-order valence-corrected chi connectivity index (χ2v) is 3.64. The molecule has 2 rings (SSSR count). The largest absolute Gasteiger partial charge is 0.508 e. The number of aromatic hydroxyl groups is 1. The molecule has 1 aromatic carbocycles. The lowest BCUT2D eigenvalue weighted by Gasteiger charge is -1.99. The summed E-state index contributed by atoms with van der Waals surface area (Å²) in [6.45, 7) is 1.78. The van der Waals surface area contributed by atoms with Gasteiger partial charge in [0.25, 0.3) is 0 Å². The highest BCUT2D eigenvalue weighted by Gasteiger charge is 2.11. The molecule has 1 atom stereocenters. The number of para-hydroxylation sites is 1. The maximum Gasteiger partial charge on any atom is 0.243 e. The highest BCUT2D eigenvalue weighted by molar-refractivity contribution is 5.33. The van der Waals surface area contributed by atoms with Gasteiger partial charge in [-0.2, -0.15) is 4.98 Å². The molecule has 0 radical (unpaired) electrons. The van der Waals surface area contributed by atoms with Gasteiger partial charge < -0.3 is 15.4 Å². The van der Waals surface area contributed by atoms with E-state index in [2.05, 4.69) is 10.1 Å². The van der Waals surface area contributed by atoms with Crippen LogP contribution in [0.3, 0.4) is 0 Å². The molecule has 0 saturated heterocycles. The SMILES string of the molecule is CC(N)c1nc(Cc2ccccc2O)no1. The normalized spacial score (nSPS) is 12.6. The van der Waals surface area contributed by atoms with Gasteiger partial charge in [0.1, 0.15) is 5.75 Å². The number of benzene rings is 1. The van der Waals surface area contributed by atoms with Crippen LogP contribution in [-0.2, 0) is 6.42 Å². The molecule has 0 aliphatic heterocycles. The molecule has 1 heterocycles. The van der Waals surface area contributed by atoms with E-state index in [1.165, 1.54) is 0 Å². The van der Waals surface area contributed by atoms with E-state index in [0.29, 0.717) is 18.1 Å². The first-order valence-electron chi connectivity index (χ1n) is 5.01. The Hall–Kier alpha value is -1.88. The van der Waals surface area contributed by atoms with Gasteiger partial charge in [-0.05, 0) is 13.0 Å². The topological polar surface area (TPSA) is 85.2 Å². The predicted molar refractivity (Wildman–Crippen MR) is 57.8 cm³/mol. The van der Waals surface area contributed by atoms with Gasteiger partial charge in [0.2, 0.25) is 5.89 Å². The standard InChI is InChI=1S/C11H13N3O2/c1-7(12)11-13-10(14-16-11)6-8-4-2-3-5-9(8)15/h2-5,7,15H,6,12H2,1H3. The number of aromatic nitrogens is 2. The molecule has 84 valence electrons. The van der Waals surface area contributed by atoms with Gasteiger partial charge in [-0.15, -0.1) is 0 Å². The third-order valence-electron chi connectivity index (χ3n) is 2.21. The minimum atomic E-state index is -0.273. The average molecular weight is 219 g/mol. The molecule has 0 fully saturated rings. The third kappa shape index (κ3) is 2.20. The van der Waals surface area contributed by atoms with Crippen molar-refractivity contribution in [3.8, 4) is 5.75 Å². The first kappa shape index (κ1) is 10.6. The van der Waals surface area contributed by atoms with Gasteiger partial charge in [0.05, 0.1) is 6.04 Å². The zero-order valence-electron chi connectivity index (χ0n) is 8.92. The van der Waals surface area contributed by atoms with Crippen molar-refractivity contribution in [3.05, 3.63) is 41.5 Å². The van der Waals surface area contributed by atoms with Crippen LogP contribution in [0.1, 0.15) is 30.2 Å². The number of hydrogen-bond acceptors (Lipinski definition) is 5. The zero-order valence-corrected chi connectivity index (χ0v) is 8.92. The first-order chi connectivity index (χ1) is 7.66. The first-order valence-corrected chi connectivity index (χ1v) is 5.01. The minimum absolute atomic E-state index is 0.231. The van der Waals surface area contributed by atoms with Crippen LogP contribution >= 0.6 is 0 Å². The molecule has 2 aromatic rings. The number of phenolic OH excluding ortho intramolecular Hbond substituents is 1. The van der Waals surface area contributed by atoms with Crippen molar-refractivity contribution < 1.29 is 9.63 Å². The lowest BCUT2D eigenvalue weighted by molar-refractivity contribution is 0.357. The molecule has 0 bridgehead atoms. The van der Waals surface area contributed by atoms with Crippen LogP contribution in [-0.4, -0.2) is 15.2 Å². The monoisotopic (exact) mass is 219 g/mol. The summed E-state index contributed by atoms with van der Waals surface area (Å²) in [5.74, 6) is 1.16. The van der Waals surface area contributed by atoms with E-state index in [0.717, 1.165) is 5.56 Å². The second-order valence-electron chi connectivity index (χ2n) is 3.64. The molecule has 3 N–H and O–H groups in total. The van der Waals surface area contributed by atoms with Gasteiger partial charge in [0.15, 0.2) is 5.82 Å². The molecule has 0 spiro atoms. The average Bonchev–Trinajstić information content (AvgIpc) is 2.70. The fourth-order valence-electron chi connectivity index (χ4n) is 1.35. The van der Waals surface area contributed by atoms with Crippen molar-refractivity contribution >= 4 is 0 Å². The van der Waals surface area contributed by atoms with E-state index < -0.39 is 0 Å². The lowest BCUT2D eigenvalue weighted by atomic mass is 10.1. The van der Waals surface area contributed by atoms with Gasteiger partial charge in [0, 0.05) is 12.0 Å². The van der Waals surface area contributed by atoms with Crippen molar-refractivity contribution in [3.63, 3.8) is 0 Å². The van der Waals surface area contributed by atoms with Crippen LogP contribution in [0.2, 0.25) is 0 Å². The molecule has 5 nitrogen and oxygen atoms in total. The van der Waals surface area contributed by atoms with E-state index in [9.17, 15) is 5.11 Å². The quantitative estimate of drug-likeness (QED) is 0.814. The number of phenols is 1. The molecule has 1 unspecified atom stereocenters. The van der Waals surface area contributed by atoms with E-state index in [4.69, 9.17) is 10.3 Å². The maximum absolute atomic E-state index is 9.58. The maximum atomic E-state index is 9.58. The van der Waals surface area contributed by atoms with E-state index >= 15 is 0 Å². The Balaban J connectivity index is 2.18. The summed E-state index contributed by atoms with van der Waals surface area (Å²) in [6.07, 6.45) is 0.433. The molecule has 1 aromatic heterocycles. The Labute approximate surface area is 92.9 Å². The van der Waals surface area contributed by atoms with Crippen LogP contribution in [0.5, 0.6) is 5.75 Å². The number of rotatable bonds is 3. The Kier molecular flexibility index (Phi) is 2.87. The lowest BCUT2D eigenvalue weighted by Crippen LogP contribution is -2.05. The number of nitrogens with zero attached hydrogens (tertiary/aromatic N) is 2. The molecule has 5 heteroatoms. The van der Waals surface area contributed by atoms with Crippen molar-refractivity contribution in [2.24, 2.45) is 5.73 Å². The third-order valence-corrected chi connectivity index (χ3v) is 2.21. The summed E-state index contributed by atoms with van der Waals surface area (Å²) in [5, 5.41) is 13.4. The van der Waals surface area contributed by atoms with Crippen molar-refractivity contribution in [2.45, 2.75) is 19.4 Å². The van der Waals surface area contributed by atoms with Crippen LogP contribution in [0.25, 0.3) is 0 Å².